The van der Waals surface area contributed by atoms with Crippen molar-refractivity contribution in [2.24, 2.45) is 0 Å². The van der Waals surface area contributed by atoms with E-state index < -0.39 is 23.3 Å². The minimum absolute atomic E-state index is 0.153. The SMILES string of the molecule is CN(C(=O)Nc1ccc(-c2cc(F)cc(F)c2)cc1)C1CCC(NCc2ccccc2)CC1.CN(C(=O)Nc1ccc(-c2cc(F)cc(F)c2)cc1)C1CCC(NCc2ccccc2)CC1. The molecule has 0 spiro atoms. The van der Waals surface area contributed by atoms with Crippen LogP contribution >= 0.6 is 0 Å². The number of halogens is 4. The first-order chi connectivity index (χ1) is 31.9. The minimum atomic E-state index is -0.617. The molecule has 0 atom stereocenters. The molecule has 8 nitrogen and oxygen atoms in total. The number of amides is 4. The first-order valence-corrected chi connectivity index (χ1v) is 22.7. The monoisotopic (exact) mass is 898 g/mol. The molecule has 0 aliphatic heterocycles. The number of carbonyl (C=O) groups excluding carboxylic acids is 2. The van der Waals surface area contributed by atoms with Gasteiger partial charge in [-0.25, -0.2) is 27.2 Å². The lowest BCUT2D eigenvalue weighted by Crippen LogP contribution is -2.44. The molecular weight excluding hydrogens is 841 g/mol. The van der Waals surface area contributed by atoms with Crippen LogP contribution in [-0.4, -0.2) is 60.1 Å². The zero-order chi connectivity index (χ0) is 46.4. The van der Waals surface area contributed by atoms with Crippen molar-refractivity contribution in [2.75, 3.05) is 24.7 Å². The number of rotatable bonds is 12. The van der Waals surface area contributed by atoms with E-state index in [1.54, 1.807) is 58.3 Å². The maximum atomic E-state index is 13.5. The van der Waals surface area contributed by atoms with Crippen molar-refractivity contribution >= 4 is 23.4 Å². The highest BCUT2D eigenvalue weighted by atomic mass is 19.1. The molecule has 0 heterocycles. The van der Waals surface area contributed by atoms with Gasteiger partial charge in [0.1, 0.15) is 23.3 Å². The average molecular weight is 899 g/mol. The van der Waals surface area contributed by atoms with Gasteiger partial charge in [-0.3, -0.25) is 0 Å². The van der Waals surface area contributed by atoms with Gasteiger partial charge in [0.25, 0.3) is 0 Å². The van der Waals surface area contributed by atoms with Crippen molar-refractivity contribution in [3.05, 3.63) is 180 Å². The third kappa shape index (κ3) is 13.8. The van der Waals surface area contributed by atoms with Crippen molar-refractivity contribution in [3.8, 4) is 22.3 Å². The van der Waals surface area contributed by atoms with Crippen LogP contribution in [0.2, 0.25) is 0 Å². The van der Waals surface area contributed by atoms with E-state index in [-0.39, 0.29) is 24.1 Å². The van der Waals surface area contributed by atoms with E-state index in [0.29, 0.717) is 45.7 Å². The van der Waals surface area contributed by atoms with Gasteiger partial charge in [-0.05, 0) is 133 Å². The van der Waals surface area contributed by atoms with Gasteiger partial charge < -0.3 is 31.1 Å². The normalized spacial score (nSPS) is 18.0. The summed E-state index contributed by atoms with van der Waals surface area (Å²) in [5, 5.41) is 13.1. The Bertz CT molecular complexity index is 2260. The van der Waals surface area contributed by atoms with Crippen molar-refractivity contribution in [1.82, 2.24) is 20.4 Å². The maximum absolute atomic E-state index is 13.5. The summed E-state index contributed by atoms with van der Waals surface area (Å²) in [6, 6.07) is 42.6. The summed E-state index contributed by atoms with van der Waals surface area (Å²) in [6.45, 7) is 1.73. The van der Waals surface area contributed by atoms with Crippen molar-refractivity contribution in [2.45, 2.75) is 88.6 Å². The maximum Gasteiger partial charge on any atom is 0.321 e. The second-order valence-electron chi connectivity index (χ2n) is 17.3. The Morgan fingerprint density at radius 2 is 0.758 bits per heavy atom. The smallest absolute Gasteiger partial charge is 0.321 e. The molecule has 344 valence electrons. The van der Waals surface area contributed by atoms with Gasteiger partial charge in [-0.1, -0.05) is 84.9 Å². The highest BCUT2D eigenvalue weighted by molar-refractivity contribution is 5.90. The Morgan fingerprint density at radius 1 is 0.439 bits per heavy atom. The molecule has 0 radical (unpaired) electrons. The van der Waals surface area contributed by atoms with E-state index >= 15 is 0 Å². The summed E-state index contributed by atoms with van der Waals surface area (Å²) >= 11 is 0. The third-order valence-corrected chi connectivity index (χ3v) is 12.7. The van der Waals surface area contributed by atoms with E-state index in [9.17, 15) is 27.2 Å². The zero-order valence-corrected chi connectivity index (χ0v) is 37.5. The Hall–Kier alpha value is -6.50. The summed E-state index contributed by atoms with van der Waals surface area (Å²) < 4.78 is 53.9. The second-order valence-corrected chi connectivity index (χ2v) is 17.3. The van der Waals surface area contributed by atoms with Gasteiger partial charge in [-0.2, -0.15) is 0 Å². The van der Waals surface area contributed by atoms with Crippen LogP contribution in [0.25, 0.3) is 22.3 Å². The van der Waals surface area contributed by atoms with Crippen molar-refractivity contribution in [1.29, 1.82) is 0 Å². The lowest BCUT2D eigenvalue weighted by molar-refractivity contribution is 0.176. The fourth-order valence-electron chi connectivity index (χ4n) is 8.74. The molecule has 12 heteroatoms. The number of nitrogens with one attached hydrogen (secondary N) is 4. The molecule has 4 N–H and O–H groups in total. The fraction of sp³-hybridized carbons (Fsp3) is 0.296. The quantitative estimate of drug-likeness (QED) is 0.0922. The topological polar surface area (TPSA) is 88.7 Å². The predicted molar refractivity (Wildman–Crippen MR) is 256 cm³/mol. The van der Waals surface area contributed by atoms with Crippen LogP contribution in [0.4, 0.5) is 38.5 Å². The standard InChI is InChI=1S/2C27H29F2N3O/c2*1-32(26-13-11-24(12-14-26)30-18-19-5-3-2-4-6-19)27(33)31-25-9-7-20(8-10-25)21-15-22(28)17-23(29)16-21/h2*2-10,15-17,24,26,30H,11-14,18H2,1H3,(H,31,33). The number of nitrogens with zero attached hydrogens (tertiary/aromatic N) is 2. The average Bonchev–Trinajstić information content (AvgIpc) is 3.33. The third-order valence-electron chi connectivity index (χ3n) is 12.7. The van der Waals surface area contributed by atoms with Gasteiger partial charge in [0.15, 0.2) is 0 Å². The number of benzene rings is 6. The molecule has 2 aliphatic carbocycles. The molecule has 0 bridgehead atoms. The van der Waals surface area contributed by atoms with E-state index in [2.05, 4.69) is 69.8 Å². The lowest BCUT2D eigenvalue weighted by Gasteiger charge is -2.35. The molecule has 6 aromatic rings. The number of anilines is 2. The predicted octanol–water partition coefficient (Wildman–Crippen LogP) is 12.4. The van der Waals surface area contributed by atoms with Crippen LogP contribution < -0.4 is 21.3 Å². The van der Waals surface area contributed by atoms with Crippen molar-refractivity contribution in [3.63, 3.8) is 0 Å². The minimum Gasteiger partial charge on any atom is -0.325 e. The summed E-state index contributed by atoms with van der Waals surface area (Å²) in [7, 11) is 3.67. The summed E-state index contributed by atoms with van der Waals surface area (Å²) in [5.41, 5.74) is 6.13. The molecule has 2 aliphatic rings. The first kappa shape index (κ1) is 47.5. The van der Waals surface area contributed by atoms with Gasteiger partial charge in [0, 0.05) is 74.9 Å². The van der Waals surface area contributed by atoms with Crippen LogP contribution in [0.5, 0.6) is 0 Å². The number of carbonyl (C=O) groups is 2. The largest absolute Gasteiger partial charge is 0.325 e. The van der Waals surface area contributed by atoms with E-state index in [4.69, 9.17) is 0 Å². The molecule has 2 fully saturated rings. The molecule has 66 heavy (non-hydrogen) atoms. The highest BCUT2D eigenvalue weighted by Crippen LogP contribution is 2.28. The Labute approximate surface area is 385 Å². The van der Waals surface area contributed by atoms with E-state index in [0.717, 1.165) is 76.6 Å². The van der Waals surface area contributed by atoms with Crippen LogP contribution in [0, 0.1) is 23.3 Å². The summed E-state index contributed by atoms with van der Waals surface area (Å²) in [4.78, 5) is 29.1. The molecule has 0 saturated heterocycles. The van der Waals surface area contributed by atoms with Gasteiger partial charge >= 0.3 is 12.1 Å². The van der Waals surface area contributed by atoms with E-state index in [1.165, 1.54) is 35.4 Å². The first-order valence-electron chi connectivity index (χ1n) is 22.7. The molecule has 2 saturated carbocycles. The molecular formula is C54H58F4N6O2. The Morgan fingerprint density at radius 3 is 1.08 bits per heavy atom. The van der Waals surface area contributed by atoms with Crippen molar-refractivity contribution < 1.29 is 27.2 Å². The van der Waals surface area contributed by atoms with Crippen LogP contribution in [0.1, 0.15) is 62.5 Å². The molecule has 6 aromatic carbocycles. The Balaban J connectivity index is 0.000000196. The molecule has 0 aromatic heterocycles. The molecule has 4 amide bonds. The number of urea groups is 2. The fourth-order valence-corrected chi connectivity index (χ4v) is 8.74. The van der Waals surface area contributed by atoms with E-state index in [1.807, 2.05) is 26.2 Å². The van der Waals surface area contributed by atoms with Gasteiger partial charge in [0.05, 0.1) is 0 Å². The van der Waals surface area contributed by atoms with Gasteiger partial charge in [0.2, 0.25) is 0 Å². The van der Waals surface area contributed by atoms with Crippen LogP contribution in [-0.2, 0) is 13.1 Å². The zero-order valence-electron chi connectivity index (χ0n) is 37.5. The van der Waals surface area contributed by atoms with Crippen LogP contribution in [0.15, 0.2) is 146 Å². The number of hydrogen-bond donors (Lipinski definition) is 4. The number of hydrogen-bond acceptors (Lipinski definition) is 4. The molecule has 8 rings (SSSR count). The summed E-state index contributed by atoms with van der Waals surface area (Å²) in [5.74, 6) is -2.47. The second kappa shape index (κ2) is 23.1. The molecule has 0 unspecified atom stereocenters. The van der Waals surface area contributed by atoms with Crippen LogP contribution in [0.3, 0.4) is 0 Å². The van der Waals surface area contributed by atoms with Gasteiger partial charge in [-0.15, -0.1) is 0 Å². The summed E-state index contributed by atoms with van der Waals surface area (Å²) in [6.07, 6.45) is 7.98. The Kier molecular flexibility index (Phi) is 16.6. The lowest BCUT2D eigenvalue weighted by atomic mass is 9.90. The highest BCUT2D eigenvalue weighted by Gasteiger charge is 2.28.